The van der Waals surface area contributed by atoms with Gasteiger partial charge in [0.05, 0.1) is 6.54 Å². The van der Waals surface area contributed by atoms with Gasteiger partial charge in [0.2, 0.25) is 0 Å². The highest BCUT2D eigenvalue weighted by Crippen LogP contribution is 2.19. The number of aromatic nitrogens is 3. The second-order valence-electron chi connectivity index (χ2n) is 4.85. The van der Waals surface area contributed by atoms with E-state index in [-0.39, 0.29) is 5.54 Å². The highest BCUT2D eigenvalue weighted by molar-refractivity contribution is 5.01. The van der Waals surface area contributed by atoms with E-state index < -0.39 is 0 Å². The maximum absolute atomic E-state index is 5.67. The Kier molecular flexibility index (Phi) is 3.85. The topological polar surface area (TPSA) is 56.7 Å². The van der Waals surface area contributed by atoms with Crippen LogP contribution in [0.5, 0.6) is 0 Å². The van der Waals surface area contributed by atoms with Crippen LogP contribution in [-0.2, 0) is 18.5 Å². The fourth-order valence-electron chi connectivity index (χ4n) is 1.76. The van der Waals surface area contributed by atoms with Crippen molar-refractivity contribution in [1.29, 1.82) is 0 Å². The standard InChI is InChI=1S/C11H22N4/c1-5-6-7-9-13-14-10(8-12)15(9)11(2,3)4/h5-8,12H2,1-4H3. The fraction of sp³-hybridized carbons (Fsp3) is 0.818. The molecule has 0 unspecified atom stereocenters. The van der Waals surface area contributed by atoms with Gasteiger partial charge in [-0.2, -0.15) is 0 Å². The molecule has 1 heterocycles. The van der Waals surface area contributed by atoms with Crippen molar-refractivity contribution in [3.8, 4) is 0 Å². The Balaban J connectivity index is 3.01. The monoisotopic (exact) mass is 210 g/mol. The Labute approximate surface area is 91.9 Å². The molecule has 2 N–H and O–H groups in total. The molecule has 0 aliphatic rings. The molecule has 0 amide bonds. The summed E-state index contributed by atoms with van der Waals surface area (Å²) in [6.45, 7) is 9.11. The molecule has 0 radical (unpaired) electrons. The van der Waals surface area contributed by atoms with Crippen molar-refractivity contribution >= 4 is 0 Å². The van der Waals surface area contributed by atoms with Gasteiger partial charge in [0.15, 0.2) is 0 Å². The van der Waals surface area contributed by atoms with Crippen LogP contribution in [0.3, 0.4) is 0 Å². The Morgan fingerprint density at radius 1 is 1.20 bits per heavy atom. The van der Waals surface area contributed by atoms with Crippen LogP contribution in [0, 0.1) is 0 Å². The first kappa shape index (κ1) is 12.2. The van der Waals surface area contributed by atoms with Crippen LogP contribution in [-0.4, -0.2) is 14.8 Å². The number of nitrogens with zero attached hydrogens (tertiary/aromatic N) is 3. The van der Waals surface area contributed by atoms with Gasteiger partial charge in [-0.15, -0.1) is 10.2 Å². The molecule has 0 aromatic carbocycles. The lowest BCUT2D eigenvalue weighted by molar-refractivity contribution is 0.368. The number of nitrogens with two attached hydrogens (primary N) is 1. The first-order valence-corrected chi connectivity index (χ1v) is 5.64. The quantitative estimate of drug-likeness (QED) is 0.825. The lowest BCUT2D eigenvalue weighted by atomic mass is 10.1. The smallest absolute Gasteiger partial charge is 0.147 e. The summed E-state index contributed by atoms with van der Waals surface area (Å²) >= 11 is 0. The Hall–Kier alpha value is -0.900. The van der Waals surface area contributed by atoms with Crippen molar-refractivity contribution in [3.05, 3.63) is 11.6 Å². The molecule has 1 aromatic rings. The molecule has 0 aliphatic heterocycles. The number of aryl methyl sites for hydroxylation is 1. The minimum absolute atomic E-state index is 0.0152. The Morgan fingerprint density at radius 3 is 2.27 bits per heavy atom. The zero-order chi connectivity index (χ0) is 11.5. The van der Waals surface area contributed by atoms with E-state index in [1.807, 2.05) is 0 Å². The zero-order valence-electron chi connectivity index (χ0n) is 10.2. The summed E-state index contributed by atoms with van der Waals surface area (Å²) in [7, 11) is 0. The zero-order valence-corrected chi connectivity index (χ0v) is 10.2. The number of unbranched alkanes of at least 4 members (excludes halogenated alkanes) is 1. The van der Waals surface area contributed by atoms with E-state index in [2.05, 4.69) is 42.5 Å². The van der Waals surface area contributed by atoms with Gasteiger partial charge in [-0.1, -0.05) is 13.3 Å². The van der Waals surface area contributed by atoms with Gasteiger partial charge in [0, 0.05) is 12.0 Å². The minimum atomic E-state index is 0.0152. The van der Waals surface area contributed by atoms with E-state index in [0.29, 0.717) is 6.54 Å². The summed E-state index contributed by atoms with van der Waals surface area (Å²) in [5, 5.41) is 8.37. The van der Waals surface area contributed by atoms with E-state index in [9.17, 15) is 0 Å². The van der Waals surface area contributed by atoms with Crippen LogP contribution < -0.4 is 5.73 Å². The van der Waals surface area contributed by atoms with Gasteiger partial charge in [0.1, 0.15) is 11.6 Å². The highest BCUT2D eigenvalue weighted by Gasteiger charge is 2.21. The maximum atomic E-state index is 5.67. The molecular formula is C11H22N4. The maximum Gasteiger partial charge on any atom is 0.147 e. The van der Waals surface area contributed by atoms with Crippen molar-refractivity contribution in [2.75, 3.05) is 0 Å². The average Bonchev–Trinajstić information content (AvgIpc) is 2.56. The number of rotatable bonds is 4. The lowest BCUT2D eigenvalue weighted by Crippen LogP contribution is -2.27. The molecule has 86 valence electrons. The Morgan fingerprint density at radius 2 is 1.80 bits per heavy atom. The van der Waals surface area contributed by atoms with E-state index in [1.54, 1.807) is 0 Å². The van der Waals surface area contributed by atoms with Crippen LogP contribution in [0.2, 0.25) is 0 Å². The summed E-state index contributed by atoms with van der Waals surface area (Å²) in [5.74, 6) is 1.94. The molecule has 4 heteroatoms. The molecule has 0 saturated heterocycles. The normalized spacial score (nSPS) is 12.1. The highest BCUT2D eigenvalue weighted by atomic mass is 15.3. The van der Waals surface area contributed by atoms with E-state index in [4.69, 9.17) is 5.73 Å². The number of hydrogen-bond donors (Lipinski definition) is 1. The van der Waals surface area contributed by atoms with Crippen LogP contribution in [0.1, 0.15) is 52.2 Å². The van der Waals surface area contributed by atoms with E-state index in [0.717, 1.165) is 24.5 Å². The largest absolute Gasteiger partial charge is 0.324 e. The van der Waals surface area contributed by atoms with Gasteiger partial charge in [0.25, 0.3) is 0 Å². The third-order valence-electron chi connectivity index (χ3n) is 2.40. The van der Waals surface area contributed by atoms with Crippen LogP contribution in [0.25, 0.3) is 0 Å². The molecule has 0 bridgehead atoms. The van der Waals surface area contributed by atoms with Crippen molar-refractivity contribution < 1.29 is 0 Å². The van der Waals surface area contributed by atoms with Crippen LogP contribution in [0.4, 0.5) is 0 Å². The molecule has 0 fully saturated rings. The molecule has 1 aromatic heterocycles. The second-order valence-corrected chi connectivity index (χ2v) is 4.85. The molecular weight excluding hydrogens is 188 g/mol. The van der Waals surface area contributed by atoms with Gasteiger partial charge in [-0.3, -0.25) is 0 Å². The molecule has 0 spiro atoms. The first-order chi connectivity index (χ1) is 7.00. The average molecular weight is 210 g/mol. The summed E-state index contributed by atoms with van der Waals surface area (Å²) in [6.07, 6.45) is 3.31. The second kappa shape index (κ2) is 4.75. The number of hydrogen-bond acceptors (Lipinski definition) is 3. The first-order valence-electron chi connectivity index (χ1n) is 5.64. The summed E-state index contributed by atoms with van der Waals surface area (Å²) < 4.78 is 2.17. The molecule has 1 rings (SSSR count). The van der Waals surface area contributed by atoms with Crippen molar-refractivity contribution in [3.63, 3.8) is 0 Å². The predicted molar refractivity (Wildman–Crippen MR) is 61.5 cm³/mol. The molecule has 0 atom stereocenters. The van der Waals surface area contributed by atoms with Crippen molar-refractivity contribution in [2.24, 2.45) is 5.73 Å². The molecule has 0 saturated carbocycles. The van der Waals surface area contributed by atoms with Gasteiger partial charge in [-0.05, 0) is 27.2 Å². The van der Waals surface area contributed by atoms with Crippen molar-refractivity contribution in [1.82, 2.24) is 14.8 Å². The van der Waals surface area contributed by atoms with Gasteiger partial charge >= 0.3 is 0 Å². The third-order valence-corrected chi connectivity index (χ3v) is 2.40. The summed E-state index contributed by atoms with van der Waals surface area (Å²) in [4.78, 5) is 0. The summed E-state index contributed by atoms with van der Waals surface area (Å²) in [6, 6.07) is 0. The van der Waals surface area contributed by atoms with E-state index in [1.165, 1.54) is 6.42 Å². The van der Waals surface area contributed by atoms with Gasteiger partial charge < -0.3 is 10.3 Å². The predicted octanol–water partition coefficient (Wildman–Crippen LogP) is 1.83. The summed E-state index contributed by atoms with van der Waals surface area (Å²) in [5.41, 5.74) is 5.68. The van der Waals surface area contributed by atoms with Crippen molar-refractivity contribution in [2.45, 2.75) is 59.0 Å². The van der Waals surface area contributed by atoms with Gasteiger partial charge in [-0.25, -0.2) is 0 Å². The van der Waals surface area contributed by atoms with E-state index >= 15 is 0 Å². The van der Waals surface area contributed by atoms with Crippen LogP contribution >= 0.6 is 0 Å². The SMILES string of the molecule is CCCCc1nnc(CN)n1C(C)(C)C. The fourth-order valence-corrected chi connectivity index (χ4v) is 1.76. The molecule has 0 aliphatic carbocycles. The molecule has 15 heavy (non-hydrogen) atoms. The lowest BCUT2D eigenvalue weighted by Gasteiger charge is -2.24. The molecule has 4 nitrogen and oxygen atoms in total. The minimum Gasteiger partial charge on any atom is -0.324 e. The van der Waals surface area contributed by atoms with Crippen LogP contribution in [0.15, 0.2) is 0 Å². The Bertz CT molecular complexity index is 309. The third kappa shape index (κ3) is 2.78.